The Morgan fingerprint density at radius 2 is 1.67 bits per heavy atom. The summed E-state index contributed by atoms with van der Waals surface area (Å²) in [5.74, 6) is 0. The van der Waals surface area contributed by atoms with Crippen molar-refractivity contribution in [3.05, 3.63) is 23.8 Å². The zero-order chi connectivity index (χ0) is 11.3. The molecule has 0 radical (unpaired) electrons. The van der Waals surface area contributed by atoms with E-state index in [1.165, 1.54) is 18.2 Å². The van der Waals surface area contributed by atoms with Crippen LogP contribution in [0.1, 0.15) is 18.4 Å². The minimum absolute atomic E-state index is 0.139. The summed E-state index contributed by atoms with van der Waals surface area (Å²) in [6.45, 7) is 0. The summed E-state index contributed by atoms with van der Waals surface area (Å²) in [5.41, 5.74) is 10.0. The van der Waals surface area contributed by atoms with Crippen molar-refractivity contribution in [1.29, 1.82) is 0 Å². The van der Waals surface area contributed by atoms with Gasteiger partial charge in [-0.3, -0.25) is 0 Å². The molecule has 1 fully saturated rings. The summed E-state index contributed by atoms with van der Waals surface area (Å²) in [7, 11) is 0. The first-order valence-electron chi connectivity index (χ1n) is 4.59. The van der Waals surface area contributed by atoms with Crippen LogP contribution in [0.25, 0.3) is 0 Å². The summed E-state index contributed by atoms with van der Waals surface area (Å²) < 4.78 is 38.2. The van der Waals surface area contributed by atoms with Crippen molar-refractivity contribution in [3.63, 3.8) is 0 Å². The summed E-state index contributed by atoms with van der Waals surface area (Å²) >= 11 is 0. The minimum Gasteiger partial charge on any atom is -0.397 e. The smallest absolute Gasteiger partial charge is 0.397 e. The number of rotatable bonds is 1. The van der Waals surface area contributed by atoms with Crippen molar-refractivity contribution in [2.75, 3.05) is 11.5 Å². The van der Waals surface area contributed by atoms with Crippen LogP contribution in [0.5, 0.6) is 0 Å². The van der Waals surface area contributed by atoms with Gasteiger partial charge in [-0.25, -0.2) is 0 Å². The van der Waals surface area contributed by atoms with Crippen LogP contribution < -0.4 is 11.5 Å². The molecule has 1 aromatic rings. The molecule has 82 valence electrons. The Kier molecular flexibility index (Phi) is 1.90. The van der Waals surface area contributed by atoms with E-state index in [1.807, 2.05) is 0 Å². The SMILES string of the molecule is Nc1ccc(C2(C(F)(F)F)CC2)cc1N. The highest BCUT2D eigenvalue weighted by molar-refractivity contribution is 5.65. The predicted molar refractivity (Wildman–Crippen MR) is 52.2 cm³/mol. The molecule has 0 amide bonds. The van der Waals surface area contributed by atoms with Gasteiger partial charge in [0.2, 0.25) is 0 Å². The molecule has 1 aliphatic carbocycles. The van der Waals surface area contributed by atoms with Crippen molar-refractivity contribution < 1.29 is 13.2 Å². The molecule has 2 nitrogen and oxygen atoms in total. The van der Waals surface area contributed by atoms with Gasteiger partial charge in [-0.15, -0.1) is 0 Å². The topological polar surface area (TPSA) is 52.0 Å². The first-order chi connectivity index (χ1) is 6.87. The average molecular weight is 216 g/mol. The van der Waals surface area contributed by atoms with Gasteiger partial charge in [0.1, 0.15) is 0 Å². The fraction of sp³-hybridized carbons (Fsp3) is 0.400. The third kappa shape index (κ3) is 1.42. The molecule has 0 spiro atoms. The van der Waals surface area contributed by atoms with Gasteiger partial charge < -0.3 is 11.5 Å². The third-order valence-electron chi connectivity index (χ3n) is 2.93. The number of hydrogen-bond acceptors (Lipinski definition) is 2. The fourth-order valence-corrected chi connectivity index (χ4v) is 1.73. The molecule has 0 unspecified atom stereocenters. The Hall–Kier alpha value is -1.39. The largest absolute Gasteiger partial charge is 0.398 e. The molecule has 2 rings (SSSR count). The van der Waals surface area contributed by atoms with E-state index in [0.29, 0.717) is 5.69 Å². The number of nitrogen functional groups attached to an aromatic ring is 2. The number of nitrogens with two attached hydrogens (primary N) is 2. The lowest BCUT2D eigenvalue weighted by Gasteiger charge is -2.20. The first kappa shape index (κ1) is 10.1. The number of hydrogen-bond donors (Lipinski definition) is 2. The molecule has 0 aliphatic heterocycles. The Bertz CT molecular complexity index is 394. The first-order valence-corrected chi connectivity index (χ1v) is 4.59. The highest BCUT2D eigenvalue weighted by Gasteiger charge is 2.64. The van der Waals surface area contributed by atoms with Crippen LogP contribution in [0.15, 0.2) is 18.2 Å². The number of anilines is 2. The van der Waals surface area contributed by atoms with E-state index in [9.17, 15) is 13.2 Å². The van der Waals surface area contributed by atoms with Crippen LogP contribution in [0.4, 0.5) is 24.5 Å². The van der Waals surface area contributed by atoms with Crippen molar-refractivity contribution in [2.45, 2.75) is 24.4 Å². The Balaban J connectivity index is 2.43. The van der Waals surface area contributed by atoms with Crippen LogP contribution in [0, 0.1) is 0 Å². The maximum absolute atomic E-state index is 12.7. The van der Waals surface area contributed by atoms with Gasteiger partial charge >= 0.3 is 6.18 Å². The van der Waals surface area contributed by atoms with E-state index in [1.54, 1.807) is 0 Å². The Labute approximate surface area is 85.1 Å². The van der Waals surface area contributed by atoms with Crippen molar-refractivity contribution in [3.8, 4) is 0 Å². The molecule has 0 heterocycles. The molecule has 0 bridgehead atoms. The molecule has 0 atom stereocenters. The lowest BCUT2D eigenvalue weighted by molar-refractivity contribution is -0.160. The van der Waals surface area contributed by atoms with Crippen molar-refractivity contribution >= 4 is 11.4 Å². The standard InChI is InChI=1S/C10H11F3N2/c11-10(12,13)9(3-4-9)6-1-2-7(14)8(15)5-6/h1-2,5H,3-4,14-15H2. The van der Waals surface area contributed by atoms with Gasteiger partial charge in [0.15, 0.2) is 0 Å². The lowest BCUT2D eigenvalue weighted by Crippen LogP contribution is -2.28. The van der Waals surface area contributed by atoms with Gasteiger partial charge in [-0.05, 0) is 30.5 Å². The quantitative estimate of drug-likeness (QED) is 0.708. The zero-order valence-corrected chi connectivity index (χ0v) is 7.93. The van der Waals surface area contributed by atoms with Gasteiger partial charge in [-0.1, -0.05) is 6.07 Å². The van der Waals surface area contributed by atoms with Crippen LogP contribution >= 0.6 is 0 Å². The second kappa shape index (κ2) is 2.81. The van der Waals surface area contributed by atoms with E-state index in [0.717, 1.165) is 0 Å². The fourth-order valence-electron chi connectivity index (χ4n) is 1.73. The van der Waals surface area contributed by atoms with E-state index in [4.69, 9.17) is 11.5 Å². The average Bonchev–Trinajstić information content (AvgIpc) is 2.88. The third-order valence-corrected chi connectivity index (χ3v) is 2.93. The van der Waals surface area contributed by atoms with Gasteiger partial charge in [0.25, 0.3) is 0 Å². The van der Waals surface area contributed by atoms with E-state index in [2.05, 4.69) is 0 Å². The molecule has 0 aromatic heterocycles. The molecule has 1 aliphatic rings. The van der Waals surface area contributed by atoms with Gasteiger partial charge in [0.05, 0.1) is 16.8 Å². The predicted octanol–water partition coefficient (Wildman–Crippen LogP) is 2.44. The maximum atomic E-state index is 12.7. The molecule has 5 heteroatoms. The van der Waals surface area contributed by atoms with Crippen LogP contribution in [-0.4, -0.2) is 6.18 Å². The minimum atomic E-state index is -4.20. The molecular weight excluding hydrogens is 205 g/mol. The Morgan fingerprint density at radius 3 is 2.07 bits per heavy atom. The maximum Gasteiger partial charge on any atom is 0.398 e. The molecule has 1 aromatic carbocycles. The highest BCUT2D eigenvalue weighted by Crippen LogP contribution is 2.59. The van der Waals surface area contributed by atoms with Crippen LogP contribution in [0.2, 0.25) is 0 Å². The highest BCUT2D eigenvalue weighted by atomic mass is 19.4. The summed E-state index contributed by atoms with van der Waals surface area (Å²) in [4.78, 5) is 0. The van der Waals surface area contributed by atoms with Gasteiger partial charge in [0, 0.05) is 0 Å². The molecule has 1 saturated carbocycles. The lowest BCUT2D eigenvalue weighted by atomic mass is 9.94. The van der Waals surface area contributed by atoms with Crippen LogP contribution in [-0.2, 0) is 5.41 Å². The van der Waals surface area contributed by atoms with E-state index < -0.39 is 11.6 Å². The monoisotopic (exact) mass is 216 g/mol. The van der Waals surface area contributed by atoms with E-state index >= 15 is 0 Å². The number of benzene rings is 1. The number of alkyl halides is 3. The van der Waals surface area contributed by atoms with Crippen molar-refractivity contribution in [1.82, 2.24) is 0 Å². The molecule has 15 heavy (non-hydrogen) atoms. The normalized spacial score (nSPS) is 18.9. The van der Waals surface area contributed by atoms with Gasteiger partial charge in [-0.2, -0.15) is 13.2 Å². The molecule has 4 N–H and O–H groups in total. The van der Waals surface area contributed by atoms with Crippen molar-refractivity contribution in [2.24, 2.45) is 0 Å². The molecule has 0 saturated heterocycles. The summed E-state index contributed by atoms with van der Waals surface area (Å²) in [6.07, 6.45) is -3.92. The second-order valence-electron chi connectivity index (χ2n) is 3.92. The summed E-state index contributed by atoms with van der Waals surface area (Å²) in [5, 5.41) is 0. The van der Waals surface area contributed by atoms with E-state index in [-0.39, 0.29) is 24.1 Å². The summed E-state index contributed by atoms with van der Waals surface area (Å²) in [6, 6.07) is 4.17. The Morgan fingerprint density at radius 1 is 1.07 bits per heavy atom. The number of halogens is 3. The zero-order valence-electron chi connectivity index (χ0n) is 7.93. The van der Waals surface area contributed by atoms with Crippen LogP contribution in [0.3, 0.4) is 0 Å². The second-order valence-corrected chi connectivity index (χ2v) is 3.92. The molecular formula is C10H11F3N2.